The Balaban J connectivity index is 1.71. The number of pyridine rings is 1. The van der Waals surface area contributed by atoms with Gasteiger partial charge in [-0.1, -0.05) is 6.07 Å². The van der Waals surface area contributed by atoms with Gasteiger partial charge in [-0.25, -0.2) is 15.0 Å². The fourth-order valence-corrected chi connectivity index (χ4v) is 3.00. The van der Waals surface area contributed by atoms with Crippen LogP contribution in [0.3, 0.4) is 0 Å². The molecular formula is C19H20N6. The van der Waals surface area contributed by atoms with Gasteiger partial charge < -0.3 is 4.57 Å². The lowest BCUT2D eigenvalue weighted by atomic mass is 10.0. The number of imidazole rings is 1. The number of hydrogen-bond acceptors (Lipinski definition) is 4. The highest BCUT2D eigenvalue weighted by Crippen LogP contribution is 2.25. The standard InChI is InChI=1S/C19H20N6/c1-4-25-10-18(20-11-25)17-7-12(2)15-8-14(5-6-16(15)22-17)9-19-21-13(3)23-24-19/h5-8,10-11H,4,9H2,1-3H3,(H,21,23,24). The first-order valence-electron chi connectivity index (χ1n) is 8.42. The van der Waals surface area contributed by atoms with Gasteiger partial charge in [0.15, 0.2) is 5.82 Å². The first-order valence-corrected chi connectivity index (χ1v) is 8.42. The van der Waals surface area contributed by atoms with Crippen molar-refractivity contribution in [2.75, 3.05) is 0 Å². The summed E-state index contributed by atoms with van der Waals surface area (Å²) >= 11 is 0. The van der Waals surface area contributed by atoms with E-state index in [-0.39, 0.29) is 0 Å². The van der Waals surface area contributed by atoms with Crippen LogP contribution in [0.25, 0.3) is 22.3 Å². The molecule has 0 amide bonds. The number of hydrogen-bond donors (Lipinski definition) is 1. The molecule has 0 saturated carbocycles. The second kappa shape index (κ2) is 6.12. The smallest absolute Gasteiger partial charge is 0.155 e. The van der Waals surface area contributed by atoms with E-state index < -0.39 is 0 Å². The summed E-state index contributed by atoms with van der Waals surface area (Å²) in [5, 5.41) is 8.26. The molecule has 1 N–H and O–H groups in total. The topological polar surface area (TPSA) is 72.3 Å². The molecular weight excluding hydrogens is 312 g/mol. The maximum atomic E-state index is 4.79. The van der Waals surface area contributed by atoms with Crippen molar-refractivity contribution >= 4 is 10.9 Å². The summed E-state index contributed by atoms with van der Waals surface area (Å²) in [6.07, 6.45) is 4.59. The van der Waals surface area contributed by atoms with Crippen LogP contribution in [-0.2, 0) is 13.0 Å². The van der Waals surface area contributed by atoms with Crippen LogP contribution < -0.4 is 0 Å². The third-order valence-corrected chi connectivity index (χ3v) is 4.35. The van der Waals surface area contributed by atoms with Crippen molar-refractivity contribution in [1.29, 1.82) is 0 Å². The van der Waals surface area contributed by atoms with Gasteiger partial charge in [0.2, 0.25) is 0 Å². The van der Waals surface area contributed by atoms with E-state index in [2.05, 4.69) is 62.8 Å². The van der Waals surface area contributed by atoms with Crippen LogP contribution in [0.15, 0.2) is 36.8 Å². The molecule has 4 aromatic rings. The van der Waals surface area contributed by atoms with Crippen LogP contribution in [0.5, 0.6) is 0 Å². The summed E-state index contributed by atoms with van der Waals surface area (Å²) in [5.74, 6) is 1.65. The fourth-order valence-electron chi connectivity index (χ4n) is 3.00. The van der Waals surface area contributed by atoms with Gasteiger partial charge in [0.25, 0.3) is 0 Å². The fraction of sp³-hybridized carbons (Fsp3) is 0.263. The van der Waals surface area contributed by atoms with E-state index in [9.17, 15) is 0 Å². The molecule has 0 aliphatic carbocycles. The second-order valence-electron chi connectivity index (χ2n) is 6.28. The summed E-state index contributed by atoms with van der Waals surface area (Å²) in [6.45, 7) is 7.03. The predicted molar refractivity (Wildman–Crippen MR) is 97.3 cm³/mol. The molecule has 0 saturated heterocycles. The molecule has 0 radical (unpaired) electrons. The van der Waals surface area contributed by atoms with E-state index in [4.69, 9.17) is 4.98 Å². The molecule has 25 heavy (non-hydrogen) atoms. The molecule has 0 fully saturated rings. The summed E-state index contributed by atoms with van der Waals surface area (Å²) < 4.78 is 2.05. The zero-order valence-corrected chi connectivity index (χ0v) is 14.6. The van der Waals surface area contributed by atoms with Gasteiger partial charge in [-0.3, -0.25) is 5.10 Å². The predicted octanol–water partition coefficient (Wildman–Crippen LogP) is 3.44. The molecule has 0 spiro atoms. The molecule has 3 aromatic heterocycles. The van der Waals surface area contributed by atoms with E-state index in [1.54, 1.807) is 0 Å². The van der Waals surface area contributed by atoms with E-state index in [1.165, 1.54) is 11.1 Å². The van der Waals surface area contributed by atoms with E-state index in [0.717, 1.165) is 40.5 Å². The minimum atomic E-state index is 0.711. The van der Waals surface area contributed by atoms with Crippen molar-refractivity contribution < 1.29 is 0 Å². The zero-order valence-electron chi connectivity index (χ0n) is 14.6. The average Bonchev–Trinajstić information content (AvgIpc) is 3.24. The molecule has 0 aliphatic heterocycles. The van der Waals surface area contributed by atoms with Gasteiger partial charge in [-0.15, -0.1) is 0 Å². The molecule has 0 aliphatic rings. The van der Waals surface area contributed by atoms with Gasteiger partial charge in [-0.05, 0) is 50.1 Å². The lowest BCUT2D eigenvalue weighted by molar-refractivity contribution is 0.762. The number of fused-ring (bicyclic) bond motifs is 1. The Morgan fingerprint density at radius 2 is 1.96 bits per heavy atom. The van der Waals surface area contributed by atoms with Crippen LogP contribution in [0.1, 0.15) is 29.7 Å². The number of nitrogens with zero attached hydrogens (tertiary/aromatic N) is 5. The van der Waals surface area contributed by atoms with Crippen LogP contribution >= 0.6 is 0 Å². The number of nitrogens with one attached hydrogen (secondary N) is 1. The Bertz CT molecular complexity index is 1040. The Morgan fingerprint density at radius 3 is 2.68 bits per heavy atom. The molecule has 1 aromatic carbocycles. The van der Waals surface area contributed by atoms with Crippen molar-refractivity contribution in [2.45, 2.75) is 33.7 Å². The average molecular weight is 332 g/mol. The lowest BCUT2D eigenvalue weighted by Crippen LogP contribution is -1.94. The van der Waals surface area contributed by atoms with E-state index >= 15 is 0 Å². The van der Waals surface area contributed by atoms with Gasteiger partial charge >= 0.3 is 0 Å². The van der Waals surface area contributed by atoms with Crippen molar-refractivity contribution in [3.63, 3.8) is 0 Å². The van der Waals surface area contributed by atoms with Crippen LogP contribution in [-0.4, -0.2) is 29.7 Å². The van der Waals surface area contributed by atoms with Crippen molar-refractivity contribution in [1.82, 2.24) is 29.7 Å². The first kappa shape index (κ1) is 15.5. The Labute approximate surface area is 146 Å². The molecule has 6 heteroatoms. The quantitative estimate of drug-likeness (QED) is 0.621. The van der Waals surface area contributed by atoms with Gasteiger partial charge in [0.1, 0.15) is 11.5 Å². The van der Waals surface area contributed by atoms with Crippen molar-refractivity contribution in [3.05, 3.63) is 59.6 Å². The summed E-state index contributed by atoms with van der Waals surface area (Å²) in [4.78, 5) is 13.6. The third-order valence-electron chi connectivity index (χ3n) is 4.35. The summed E-state index contributed by atoms with van der Waals surface area (Å²) in [5.41, 5.74) is 5.18. The van der Waals surface area contributed by atoms with E-state index in [1.807, 2.05) is 19.4 Å². The molecule has 0 unspecified atom stereocenters. The monoisotopic (exact) mass is 332 g/mol. The van der Waals surface area contributed by atoms with Gasteiger partial charge in [0, 0.05) is 24.5 Å². The minimum absolute atomic E-state index is 0.711. The van der Waals surface area contributed by atoms with Crippen molar-refractivity contribution in [2.24, 2.45) is 0 Å². The highest BCUT2D eigenvalue weighted by Gasteiger charge is 2.09. The molecule has 0 bridgehead atoms. The van der Waals surface area contributed by atoms with Crippen LogP contribution in [0.4, 0.5) is 0 Å². The van der Waals surface area contributed by atoms with E-state index in [0.29, 0.717) is 6.42 Å². The molecule has 6 nitrogen and oxygen atoms in total. The Hall–Kier alpha value is -3.02. The zero-order chi connectivity index (χ0) is 17.4. The third kappa shape index (κ3) is 3.03. The number of benzene rings is 1. The Kier molecular flexibility index (Phi) is 3.80. The van der Waals surface area contributed by atoms with Gasteiger partial charge in [0.05, 0.1) is 17.5 Å². The Morgan fingerprint density at radius 1 is 1.08 bits per heavy atom. The van der Waals surface area contributed by atoms with Crippen LogP contribution in [0.2, 0.25) is 0 Å². The van der Waals surface area contributed by atoms with Crippen LogP contribution in [0, 0.1) is 13.8 Å². The molecule has 4 rings (SSSR count). The van der Waals surface area contributed by atoms with Gasteiger partial charge in [-0.2, -0.15) is 5.10 Å². The maximum absolute atomic E-state index is 4.79. The number of H-pyrrole nitrogens is 1. The molecule has 3 heterocycles. The lowest BCUT2D eigenvalue weighted by Gasteiger charge is -2.07. The highest BCUT2D eigenvalue weighted by atomic mass is 15.2. The highest BCUT2D eigenvalue weighted by molar-refractivity contribution is 5.85. The number of aromatic amines is 1. The molecule has 126 valence electrons. The number of rotatable bonds is 4. The largest absolute Gasteiger partial charge is 0.337 e. The SMILES string of the molecule is CCn1cnc(-c2cc(C)c3cc(Cc4n[nH]c(C)n4)ccc3n2)c1. The normalized spacial score (nSPS) is 11.3. The number of aryl methyl sites for hydroxylation is 3. The maximum Gasteiger partial charge on any atom is 0.155 e. The number of aromatic nitrogens is 6. The van der Waals surface area contributed by atoms with Crippen molar-refractivity contribution in [3.8, 4) is 11.4 Å². The minimum Gasteiger partial charge on any atom is -0.337 e. The summed E-state index contributed by atoms with van der Waals surface area (Å²) in [7, 11) is 0. The summed E-state index contributed by atoms with van der Waals surface area (Å²) in [6, 6.07) is 8.44. The second-order valence-corrected chi connectivity index (χ2v) is 6.28. The molecule has 0 atom stereocenters. The first-order chi connectivity index (χ1) is 12.1.